The first-order chi connectivity index (χ1) is 15.8. The third kappa shape index (κ3) is 7.34. The number of rotatable bonds is 9. The van der Waals surface area contributed by atoms with Crippen LogP contribution < -0.4 is 15.4 Å². The normalized spacial score (nSPS) is 12.5. The molecule has 0 aliphatic heterocycles. The number of carbonyl (C=O) groups excluding carboxylic acids is 2. The van der Waals surface area contributed by atoms with Crippen molar-refractivity contribution in [2.75, 3.05) is 0 Å². The van der Waals surface area contributed by atoms with Crippen LogP contribution >= 0.6 is 11.6 Å². The molecule has 3 aromatic rings. The van der Waals surface area contributed by atoms with Gasteiger partial charge >= 0.3 is 0 Å². The van der Waals surface area contributed by atoms with Gasteiger partial charge in [-0.1, -0.05) is 60.1 Å². The molecule has 6 nitrogen and oxygen atoms in total. The fourth-order valence-corrected chi connectivity index (χ4v) is 3.51. The van der Waals surface area contributed by atoms with E-state index < -0.39 is 12.1 Å². The molecule has 3 N–H and O–H groups in total. The van der Waals surface area contributed by atoms with E-state index in [1.54, 1.807) is 37.3 Å². The Morgan fingerprint density at radius 1 is 1.00 bits per heavy atom. The zero-order valence-corrected chi connectivity index (χ0v) is 19.3. The Morgan fingerprint density at radius 2 is 1.70 bits per heavy atom. The second kappa shape index (κ2) is 11.5. The van der Waals surface area contributed by atoms with Gasteiger partial charge in [-0.25, -0.2) is 0 Å². The van der Waals surface area contributed by atoms with E-state index in [9.17, 15) is 14.7 Å². The number of amides is 2. The van der Waals surface area contributed by atoms with Crippen LogP contribution in [-0.2, 0) is 22.6 Å². The summed E-state index contributed by atoms with van der Waals surface area (Å²) in [5.74, 6) is 0.574. The van der Waals surface area contributed by atoms with Crippen molar-refractivity contribution in [3.63, 3.8) is 0 Å². The average molecular weight is 467 g/mol. The molecular formula is C26H27ClN2O4. The lowest BCUT2D eigenvalue weighted by atomic mass is 10.1. The topological polar surface area (TPSA) is 87.7 Å². The first-order valence-corrected chi connectivity index (χ1v) is 11.0. The van der Waals surface area contributed by atoms with E-state index in [1.165, 1.54) is 6.92 Å². The van der Waals surface area contributed by atoms with Gasteiger partial charge in [0.2, 0.25) is 11.8 Å². The van der Waals surface area contributed by atoms with Crippen LogP contribution in [0.2, 0.25) is 5.02 Å². The van der Waals surface area contributed by atoms with Gasteiger partial charge in [-0.3, -0.25) is 9.59 Å². The van der Waals surface area contributed by atoms with Crippen LogP contribution in [0.25, 0.3) is 0 Å². The van der Waals surface area contributed by atoms with Gasteiger partial charge in [-0.2, -0.15) is 0 Å². The van der Waals surface area contributed by atoms with E-state index in [-0.39, 0.29) is 11.8 Å². The van der Waals surface area contributed by atoms with Crippen molar-refractivity contribution in [1.29, 1.82) is 0 Å². The molecule has 0 aromatic heterocycles. The quantitative estimate of drug-likeness (QED) is 0.431. The van der Waals surface area contributed by atoms with Crippen LogP contribution in [0.5, 0.6) is 11.5 Å². The number of carbonyl (C=O) groups is 2. The van der Waals surface area contributed by atoms with E-state index in [0.717, 1.165) is 11.1 Å². The van der Waals surface area contributed by atoms with Crippen molar-refractivity contribution in [3.05, 3.63) is 94.5 Å². The standard InChI is InChI=1S/C26H27ClN2O4/c1-17(30)21-10-13-25(23(27)15-21)33-22-11-8-20(9-12-22)16-28-26(32)24(29-18(2)31)14-19-6-4-3-5-7-19/h3-13,15,17,24,30H,14,16H2,1-2H3,(H,28,32)(H,29,31). The van der Waals surface area contributed by atoms with Crippen molar-refractivity contribution < 1.29 is 19.4 Å². The number of aliphatic hydroxyl groups excluding tert-OH is 1. The highest BCUT2D eigenvalue weighted by molar-refractivity contribution is 6.32. The van der Waals surface area contributed by atoms with E-state index in [4.69, 9.17) is 16.3 Å². The predicted octanol–water partition coefficient (Wildman–Crippen LogP) is 4.55. The second-order valence-electron chi connectivity index (χ2n) is 7.77. The van der Waals surface area contributed by atoms with Crippen molar-refractivity contribution >= 4 is 23.4 Å². The summed E-state index contributed by atoms with van der Waals surface area (Å²) in [5, 5.41) is 15.7. The molecule has 3 aromatic carbocycles. The third-order valence-electron chi connectivity index (χ3n) is 5.03. The van der Waals surface area contributed by atoms with E-state index >= 15 is 0 Å². The molecule has 172 valence electrons. The Morgan fingerprint density at radius 3 is 2.30 bits per heavy atom. The van der Waals surface area contributed by atoms with Crippen molar-refractivity contribution in [2.24, 2.45) is 0 Å². The summed E-state index contributed by atoms with van der Waals surface area (Å²) in [6.45, 7) is 3.38. The van der Waals surface area contributed by atoms with Gasteiger partial charge in [-0.15, -0.1) is 0 Å². The van der Waals surface area contributed by atoms with Crippen LogP contribution in [0.4, 0.5) is 0 Å². The highest BCUT2D eigenvalue weighted by Gasteiger charge is 2.19. The first kappa shape index (κ1) is 24.3. The zero-order chi connectivity index (χ0) is 23.8. The van der Waals surface area contributed by atoms with Crippen LogP contribution in [0, 0.1) is 0 Å². The van der Waals surface area contributed by atoms with Crippen molar-refractivity contribution in [1.82, 2.24) is 10.6 Å². The maximum atomic E-state index is 12.7. The van der Waals surface area contributed by atoms with Gasteiger partial charge in [0.25, 0.3) is 0 Å². The number of hydrogen-bond acceptors (Lipinski definition) is 4. The molecular weight excluding hydrogens is 440 g/mol. The second-order valence-corrected chi connectivity index (χ2v) is 8.18. The smallest absolute Gasteiger partial charge is 0.243 e. The van der Waals surface area contributed by atoms with Gasteiger partial charge in [0.1, 0.15) is 17.5 Å². The zero-order valence-electron chi connectivity index (χ0n) is 18.5. The van der Waals surface area contributed by atoms with Gasteiger partial charge in [-0.05, 0) is 47.9 Å². The number of aliphatic hydroxyl groups is 1. The predicted molar refractivity (Wildman–Crippen MR) is 128 cm³/mol. The highest BCUT2D eigenvalue weighted by atomic mass is 35.5. The van der Waals surface area contributed by atoms with Gasteiger partial charge < -0.3 is 20.5 Å². The summed E-state index contributed by atoms with van der Waals surface area (Å²) in [5.41, 5.74) is 2.56. The number of halogens is 1. The molecule has 0 fully saturated rings. The Bertz CT molecular complexity index is 1090. The van der Waals surface area contributed by atoms with Crippen LogP contribution in [0.1, 0.15) is 36.6 Å². The van der Waals surface area contributed by atoms with E-state index in [0.29, 0.717) is 35.1 Å². The molecule has 0 saturated carbocycles. The number of nitrogens with one attached hydrogen (secondary N) is 2. The van der Waals surface area contributed by atoms with Crippen molar-refractivity contribution in [3.8, 4) is 11.5 Å². The number of ether oxygens (including phenoxy) is 1. The minimum Gasteiger partial charge on any atom is -0.456 e. The number of hydrogen-bond donors (Lipinski definition) is 3. The van der Waals surface area contributed by atoms with Crippen LogP contribution in [0.3, 0.4) is 0 Å². The summed E-state index contributed by atoms with van der Waals surface area (Å²) in [6, 6.07) is 21.3. The van der Waals surface area contributed by atoms with Crippen LogP contribution in [-0.4, -0.2) is 23.0 Å². The molecule has 2 unspecified atom stereocenters. The van der Waals surface area contributed by atoms with E-state index in [1.807, 2.05) is 42.5 Å². The lowest BCUT2D eigenvalue weighted by molar-refractivity contribution is -0.128. The van der Waals surface area contributed by atoms with Gasteiger partial charge in [0.05, 0.1) is 11.1 Å². The molecule has 0 spiro atoms. The molecule has 0 bridgehead atoms. The van der Waals surface area contributed by atoms with Crippen molar-refractivity contribution in [2.45, 2.75) is 39.0 Å². The Hall–Kier alpha value is -3.35. The fraction of sp³-hybridized carbons (Fsp3) is 0.231. The molecule has 2 atom stereocenters. The maximum Gasteiger partial charge on any atom is 0.243 e. The molecule has 0 radical (unpaired) electrons. The summed E-state index contributed by atoms with van der Waals surface area (Å²) < 4.78 is 5.82. The molecule has 33 heavy (non-hydrogen) atoms. The van der Waals surface area contributed by atoms with Gasteiger partial charge in [0.15, 0.2) is 0 Å². The lowest BCUT2D eigenvalue weighted by Crippen LogP contribution is -2.47. The van der Waals surface area contributed by atoms with Crippen LogP contribution in [0.15, 0.2) is 72.8 Å². The first-order valence-electron chi connectivity index (χ1n) is 10.6. The Labute approximate surface area is 198 Å². The summed E-state index contributed by atoms with van der Waals surface area (Å²) >= 11 is 6.25. The summed E-state index contributed by atoms with van der Waals surface area (Å²) in [4.78, 5) is 24.3. The summed E-state index contributed by atoms with van der Waals surface area (Å²) in [6.07, 6.45) is -0.197. The average Bonchev–Trinajstić information content (AvgIpc) is 2.79. The number of benzene rings is 3. The maximum absolute atomic E-state index is 12.7. The van der Waals surface area contributed by atoms with E-state index in [2.05, 4.69) is 10.6 Å². The molecule has 0 aliphatic rings. The minimum atomic E-state index is -0.653. The minimum absolute atomic E-state index is 0.251. The van der Waals surface area contributed by atoms with Gasteiger partial charge in [0, 0.05) is 19.9 Å². The Kier molecular flexibility index (Phi) is 8.46. The Balaban J connectivity index is 1.58. The SMILES string of the molecule is CC(=O)NC(Cc1ccccc1)C(=O)NCc1ccc(Oc2ccc(C(C)O)cc2Cl)cc1. The lowest BCUT2D eigenvalue weighted by Gasteiger charge is -2.18. The monoisotopic (exact) mass is 466 g/mol. The molecule has 0 heterocycles. The molecule has 2 amide bonds. The molecule has 0 aliphatic carbocycles. The molecule has 7 heteroatoms. The largest absolute Gasteiger partial charge is 0.456 e. The molecule has 3 rings (SSSR count). The fourth-order valence-electron chi connectivity index (χ4n) is 3.28. The third-order valence-corrected chi connectivity index (χ3v) is 5.33. The summed E-state index contributed by atoms with van der Waals surface area (Å²) in [7, 11) is 0. The highest BCUT2D eigenvalue weighted by Crippen LogP contribution is 2.31. The molecule has 0 saturated heterocycles.